The summed E-state index contributed by atoms with van der Waals surface area (Å²) in [7, 11) is 1.93. The van der Waals surface area contributed by atoms with Gasteiger partial charge in [-0.25, -0.2) is 0 Å². The van der Waals surface area contributed by atoms with Gasteiger partial charge in [0.15, 0.2) is 0 Å². The van der Waals surface area contributed by atoms with Crippen LogP contribution in [0.4, 0.5) is 0 Å². The molecule has 1 saturated heterocycles. The van der Waals surface area contributed by atoms with E-state index in [1.807, 2.05) is 49.2 Å². The van der Waals surface area contributed by atoms with Crippen LogP contribution in [-0.4, -0.2) is 52.9 Å². The zero-order valence-electron chi connectivity index (χ0n) is 18.5. The van der Waals surface area contributed by atoms with Crippen molar-refractivity contribution in [1.82, 2.24) is 4.90 Å². The van der Waals surface area contributed by atoms with Crippen LogP contribution in [0.25, 0.3) is 0 Å². The fourth-order valence-electron chi connectivity index (χ4n) is 5.92. The van der Waals surface area contributed by atoms with E-state index in [0.29, 0.717) is 12.5 Å². The topological polar surface area (TPSA) is 70.0 Å². The highest BCUT2D eigenvalue weighted by Gasteiger charge is 2.59. The third-order valence-corrected chi connectivity index (χ3v) is 8.35. The predicted octanol–water partition coefficient (Wildman–Crippen LogP) is 3.33. The highest BCUT2D eigenvalue weighted by atomic mass is 16.6. The van der Waals surface area contributed by atoms with E-state index in [4.69, 9.17) is 4.74 Å². The van der Waals surface area contributed by atoms with Crippen LogP contribution < -0.4 is 0 Å². The predicted molar refractivity (Wildman–Crippen MR) is 116 cm³/mol. The maximum absolute atomic E-state index is 12.8. The van der Waals surface area contributed by atoms with Gasteiger partial charge in [0.05, 0.1) is 18.1 Å². The third kappa shape index (κ3) is 3.41. The Morgan fingerprint density at radius 3 is 2.70 bits per heavy atom. The first kappa shape index (κ1) is 21.5. The zero-order valence-corrected chi connectivity index (χ0v) is 18.5. The molecule has 164 valence electrons. The van der Waals surface area contributed by atoms with E-state index in [1.54, 1.807) is 0 Å². The summed E-state index contributed by atoms with van der Waals surface area (Å²) in [6, 6.07) is 9.43. The van der Waals surface area contributed by atoms with Gasteiger partial charge in [0, 0.05) is 30.3 Å². The average molecular weight is 414 g/mol. The van der Waals surface area contributed by atoms with E-state index >= 15 is 0 Å². The van der Waals surface area contributed by atoms with Gasteiger partial charge in [-0.1, -0.05) is 55.8 Å². The van der Waals surface area contributed by atoms with E-state index in [9.17, 15) is 15.0 Å². The normalized spacial score (nSPS) is 37.8. The summed E-state index contributed by atoms with van der Waals surface area (Å²) in [6.45, 7) is 6.81. The summed E-state index contributed by atoms with van der Waals surface area (Å²) >= 11 is 0. The van der Waals surface area contributed by atoms with Crippen molar-refractivity contribution < 1.29 is 19.7 Å². The molecule has 2 fully saturated rings. The van der Waals surface area contributed by atoms with Gasteiger partial charge < -0.3 is 14.9 Å². The molecule has 0 spiro atoms. The van der Waals surface area contributed by atoms with Crippen LogP contribution in [0.2, 0.25) is 0 Å². The molecule has 4 rings (SSSR count). The molecule has 8 atom stereocenters. The van der Waals surface area contributed by atoms with E-state index in [-0.39, 0.29) is 35.4 Å². The highest BCUT2D eigenvalue weighted by molar-refractivity contribution is 5.76. The van der Waals surface area contributed by atoms with Crippen LogP contribution >= 0.6 is 0 Å². The highest BCUT2D eigenvalue weighted by Crippen LogP contribution is 2.56. The SMILES string of the molecule is C[C@@H]1CCC=C2C[C@H]3OC(=O)[C@H](CN(C)[C@@H](C)[C@@H](O)c4ccccc4)[C@@H]3[C@H](O)[C@@]21C. The Labute approximate surface area is 179 Å². The molecule has 0 radical (unpaired) electrons. The largest absolute Gasteiger partial charge is 0.461 e. The lowest BCUT2D eigenvalue weighted by atomic mass is 9.55. The lowest BCUT2D eigenvalue weighted by molar-refractivity contribution is -0.145. The summed E-state index contributed by atoms with van der Waals surface area (Å²) in [5.74, 6) is -0.425. The summed E-state index contributed by atoms with van der Waals surface area (Å²) in [5.41, 5.74) is 1.82. The number of rotatable bonds is 5. The number of carbonyl (C=O) groups excluding carboxylic acids is 1. The molecule has 0 amide bonds. The molecule has 1 saturated carbocycles. The van der Waals surface area contributed by atoms with Gasteiger partial charge >= 0.3 is 5.97 Å². The summed E-state index contributed by atoms with van der Waals surface area (Å²) < 4.78 is 5.77. The number of hydrogen-bond donors (Lipinski definition) is 2. The van der Waals surface area contributed by atoms with Gasteiger partial charge in [0.1, 0.15) is 6.10 Å². The minimum Gasteiger partial charge on any atom is -0.461 e. The van der Waals surface area contributed by atoms with Crippen LogP contribution in [0.15, 0.2) is 42.0 Å². The van der Waals surface area contributed by atoms with Gasteiger partial charge in [-0.2, -0.15) is 0 Å². The zero-order chi connectivity index (χ0) is 21.6. The molecule has 0 bridgehead atoms. The molecular weight excluding hydrogens is 378 g/mol. The van der Waals surface area contributed by atoms with Crippen molar-refractivity contribution in [2.75, 3.05) is 13.6 Å². The monoisotopic (exact) mass is 413 g/mol. The molecule has 1 aromatic carbocycles. The Hall–Kier alpha value is -1.69. The Kier molecular flexibility index (Phi) is 5.82. The molecule has 2 aliphatic carbocycles. The Morgan fingerprint density at radius 2 is 2.00 bits per heavy atom. The van der Waals surface area contributed by atoms with Crippen molar-refractivity contribution in [2.24, 2.45) is 23.2 Å². The number of nitrogens with zero attached hydrogens (tertiary/aromatic N) is 1. The van der Waals surface area contributed by atoms with Crippen molar-refractivity contribution in [3.05, 3.63) is 47.5 Å². The lowest BCUT2D eigenvalue weighted by Crippen LogP contribution is -2.55. The van der Waals surface area contributed by atoms with Crippen molar-refractivity contribution in [1.29, 1.82) is 0 Å². The van der Waals surface area contributed by atoms with E-state index in [1.165, 1.54) is 5.57 Å². The van der Waals surface area contributed by atoms with Gasteiger partial charge in [-0.15, -0.1) is 0 Å². The Morgan fingerprint density at radius 1 is 1.30 bits per heavy atom. The number of likely N-dealkylation sites (N-methyl/N-ethyl adjacent to an activating group) is 1. The van der Waals surface area contributed by atoms with Crippen LogP contribution in [0.5, 0.6) is 0 Å². The van der Waals surface area contributed by atoms with Crippen LogP contribution in [0.1, 0.15) is 51.7 Å². The number of aliphatic hydroxyl groups excluding tert-OH is 2. The Balaban J connectivity index is 1.52. The van der Waals surface area contributed by atoms with Crippen molar-refractivity contribution >= 4 is 5.97 Å². The molecule has 5 heteroatoms. The standard InChI is InChI=1S/C25H35NO4/c1-15-9-8-12-18-13-20-21(23(28)25(15,18)3)19(24(29)30-20)14-26(4)16(2)22(27)17-10-6-5-7-11-17/h5-7,10-12,15-16,19-23,27-28H,8-9,13-14H2,1-4H3/t15-,16+,19-,20-,21+,22-,23+,25-/m1/s1. The summed E-state index contributed by atoms with van der Waals surface area (Å²) in [6.07, 6.45) is 3.59. The maximum Gasteiger partial charge on any atom is 0.311 e. The number of hydrogen-bond acceptors (Lipinski definition) is 5. The molecule has 0 aromatic heterocycles. The Bertz CT molecular complexity index is 809. The quantitative estimate of drug-likeness (QED) is 0.572. The number of fused-ring (bicyclic) bond motifs is 2. The summed E-state index contributed by atoms with van der Waals surface area (Å²) in [5, 5.41) is 22.3. The van der Waals surface area contributed by atoms with Gasteiger partial charge in [0.2, 0.25) is 0 Å². The molecule has 2 N–H and O–H groups in total. The fraction of sp³-hybridized carbons (Fsp3) is 0.640. The minimum atomic E-state index is -0.647. The second-order valence-corrected chi connectivity index (χ2v) is 9.83. The van der Waals surface area contributed by atoms with E-state index in [0.717, 1.165) is 24.8 Å². The number of ether oxygens (including phenoxy) is 1. The molecule has 5 nitrogen and oxygen atoms in total. The van der Waals surface area contributed by atoms with Crippen LogP contribution in [0, 0.1) is 23.2 Å². The lowest BCUT2D eigenvalue weighted by Gasteiger charge is -2.52. The molecule has 1 aromatic rings. The summed E-state index contributed by atoms with van der Waals surface area (Å²) in [4.78, 5) is 14.9. The smallest absolute Gasteiger partial charge is 0.311 e. The first-order valence-electron chi connectivity index (χ1n) is 11.3. The van der Waals surface area contributed by atoms with Crippen LogP contribution in [-0.2, 0) is 9.53 Å². The minimum absolute atomic E-state index is 0.167. The van der Waals surface area contributed by atoms with Crippen molar-refractivity contribution in [3.63, 3.8) is 0 Å². The molecule has 1 aliphatic heterocycles. The maximum atomic E-state index is 12.8. The third-order valence-electron chi connectivity index (χ3n) is 8.35. The number of esters is 1. The average Bonchev–Trinajstić information content (AvgIpc) is 3.05. The molecule has 0 unspecified atom stereocenters. The molecule has 3 aliphatic rings. The molecule has 30 heavy (non-hydrogen) atoms. The second-order valence-electron chi connectivity index (χ2n) is 9.83. The van der Waals surface area contributed by atoms with E-state index < -0.39 is 12.2 Å². The number of allylic oxidation sites excluding steroid dienone is 1. The molecule has 1 heterocycles. The van der Waals surface area contributed by atoms with Crippen LogP contribution in [0.3, 0.4) is 0 Å². The van der Waals surface area contributed by atoms with Gasteiger partial charge in [-0.05, 0) is 38.3 Å². The van der Waals surface area contributed by atoms with Crippen molar-refractivity contribution in [2.45, 2.75) is 64.4 Å². The first-order chi connectivity index (χ1) is 14.2. The van der Waals surface area contributed by atoms with Gasteiger partial charge in [0.25, 0.3) is 0 Å². The van der Waals surface area contributed by atoms with Gasteiger partial charge in [-0.3, -0.25) is 9.69 Å². The number of aliphatic hydroxyl groups is 2. The number of carbonyl (C=O) groups is 1. The number of benzene rings is 1. The first-order valence-corrected chi connectivity index (χ1v) is 11.3. The second kappa shape index (κ2) is 8.10. The fourth-order valence-corrected chi connectivity index (χ4v) is 5.92. The van der Waals surface area contributed by atoms with Crippen molar-refractivity contribution in [3.8, 4) is 0 Å². The van der Waals surface area contributed by atoms with E-state index in [2.05, 4.69) is 19.9 Å². The molecular formula is C25H35NO4.